The summed E-state index contributed by atoms with van der Waals surface area (Å²) in [5.74, 6) is -0.490. The van der Waals surface area contributed by atoms with Crippen LogP contribution in [0.4, 0.5) is 13.2 Å². The quantitative estimate of drug-likeness (QED) is 0.0684. The van der Waals surface area contributed by atoms with Gasteiger partial charge in [0.05, 0.1) is 23.3 Å². The average molecular weight is 1110 g/mol. The van der Waals surface area contributed by atoms with E-state index in [1.165, 1.54) is 98.9 Å². The van der Waals surface area contributed by atoms with Gasteiger partial charge in [-0.25, -0.2) is 13.2 Å². The zero-order valence-electron chi connectivity index (χ0n) is 47.5. The van der Waals surface area contributed by atoms with E-state index < -0.39 is 0 Å². The van der Waals surface area contributed by atoms with Gasteiger partial charge in [-0.05, 0) is 194 Å². The summed E-state index contributed by atoms with van der Waals surface area (Å²) in [5, 5.41) is 25.1. The molecule has 12 heteroatoms. The lowest BCUT2D eigenvalue weighted by atomic mass is 10.1. The Balaban J connectivity index is 0.000000140. The molecule has 6 N–H and O–H groups in total. The monoisotopic (exact) mass is 1110 g/mol. The van der Waals surface area contributed by atoms with Gasteiger partial charge in [0.2, 0.25) is 0 Å². The standard InChI is InChI=1S/C13H14N2.C12H14FN.C12H12N2.C11H12ClN.C11H12FN.C10H10FN/c1-2-3-4-11-9-15-13-6-5-10(8-14)7-12(11)13;1-2-3-4-9-8-14-12-6-5-10(13)7-11(9)12;1-2-3-10-8-14-12-5-4-9(7-13)6-11(10)12;2*1-2-3-8-7-13-11-5-4-9(12)6-10(8)11;1-2-7-6-12-10-4-3-8(11)5-9(7)10/h5-7,9,15H,2-4H2,1H3;5-8,14H,2-4H2,1H3;4-6,8,14H,2-3H2,1H3;2*4-7,13H,2-3H2,1H3;3-6,12H,2H2,1H3. The first-order chi connectivity index (χ1) is 39.4. The van der Waals surface area contributed by atoms with Gasteiger partial charge < -0.3 is 29.9 Å². The van der Waals surface area contributed by atoms with Gasteiger partial charge >= 0.3 is 0 Å². The zero-order chi connectivity index (χ0) is 57.7. The number of hydrogen-bond acceptors (Lipinski definition) is 2. The number of rotatable bonds is 13. The Bertz CT molecular complexity index is 3920. The summed E-state index contributed by atoms with van der Waals surface area (Å²) in [6.07, 6.45) is 26.4. The van der Waals surface area contributed by atoms with Crippen LogP contribution in [0.15, 0.2) is 146 Å². The van der Waals surface area contributed by atoms with Gasteiger partial charge in [0.1, 0.15) is 17.5 Å². The number of unbranched alkanes of at least 4 members (excludes halogenated alkanes) is 2. The van der Waals surface area contributed by atoms with E-state index in [1.807, 2.05) is 79.4 Å². The molecule has 0 unspecified atom stereocenters. The molecule has 0 spiro atoms. The van der Waals surface area contributed by atoms with Crippen LogP contribution in [0.3, 0.4) is 0 Å². The molecular weight excluding hydrogens is 1030 g/mol. The van der Waals surface area contributed by atoms with Crippen molar-refractivity contribution in [2.75, 3.05) is 0 Å². The van der Waals surface area contributed by atoms with Gasteiger partial charge in [-0.2, -0.15) is 10.5 Å². The fourth-order valence-electron chi connectivity index (χ4n) is 9.97. The van der Waals surface area contributed by atoms with E-state index in [4.69, 9.17) is 22.1 Å². The van der Waals surface area contributed by atoms with Crippen molar-refractivity contribution in [2.45, 2.75) is 125 Å². The van der Waals surface area contributed by atoms with Crippen LogP contribution in [0.1, 0.15) is 131 Å². The van der Waals surface area contributed by atoms with E-state index in [-0.39, 0.29) is 17.5 Å². The topological polar surface area (TPSA) is 142 Å². The lowest BCUT2D eigenvalue weighted by Crippen LogP contribution is -1.82. The highest BCUT2D eigenvalue weighted by Crippen LogP contribution is 2.26. The average Bonchev–Trinajstić information content (AvgIpc) is 4.39. The Morgan fingerprint density at radius 2 is 0.630 bits per heavy atom. The summed E-state index contributed by atoms with van der Waals surface area (Å²) in [6.45, 7) is 12.9. The number of aromatic nitrogens is 6. The number of nitrogens with one attached hydrogen (secondary N) is 6. The second-order valence-electron chi connectivity index (χ2n) is 20.2. The molecule has 0 fully saturated rings. The van der Waals surface area contributed by atoms with Crippen molar-refractivity contribution in [2.24, 2.45) is 0 Å². The highest BCUT2D eigenvalue weighted by atomic mass is 35.5. The van der Waals surface area contributed by atoms with Gasteiger partial charge in [0.25, 0.3) is 0 Å². The molecule has 0 saturated heterocycles. The maximum atomic E-state index is 13.0. The SMILES string of the molecule is CCCCc1c[nH]c2ccc(C#N)cc12.CCCCc1c[nH]c2ccc(F)cc12.CCCc1c[nH]c2ccc(C#N)cc12.CCCc1c[nH]c2ccc(Cl)cc12.CCCc1c[nH]c2ccc(F)cc12.CCc1c[nH]c2ccc(F)cc12. The van der Waals surface area contributed by atoms with Crippen molar-refractivity contribution >= 4 is 77.0 Å². The fourth-order valence-corrected chi connectivity index (χ4v) is 10.1. The number of H-pyrrole nitrogens is 6. The van der Waals surface area contributed by atoms with Gasteiger partial charge in [0, 0.05) is 108 Å². The lowest BCUT2D eigenvalue weighted by Gasteiger charge is -1.97. The number of hydrogen-bond donors (Lipinski definition) is 6. The van der Waals surface area contributed by atoms with E-state index in [1.54, 1.807) is 36.4 Å². The summed E-state index contributed by atoms with van der Waals surface area (Å²) in [5.41, 5.74) is 15.5. The predicted molar refractivity (Wildman–Crippen MR) is 333 cm³/mol. The fraction of sp³-hybridized carbons (Fsp3) is 0.275. The van der Waals surface area contributed by atoms with E-state index in [9.17, 15) is 13.2 Å². The third kappa shape index (κ3) is 16.1. The molecule has 0 radical (unpaired) electrons. The van der Waals surface area contributed by atoms with E-state index in [2.05, 4.69) is 96.0 Å². The highest BCUT2D eigenvalue weighted by molar-refractivity contribution is 6.31. The Morgan fingerprint density at radius 3 is 0.951 bits per heavy atom. The summed E-state index contributed by atoms with van der Waals surface area (Å²) < 4.78 is 38.7. The number of nitrogens with zero attached hydrogens (tertiary/aromatic N) is 2. The van der Waals surface area contributed by atoms with Crippen molar-refractivity contribution in [1.29, 1.82) is 10.5 Å². The molecule has 6 aromatic carbocycles. The third-order valence-corrected chi connectivity index (χ3v) is 14.5. The smallest absolute Gasteiger partial charge is 0.123 e. The summed E-state index contributed by atoms with van der Waals surface area (Å²) in [7, 11) is 0. The van der Waals surface area contributed by atoms with Gasteiger partial charge in [-0.3, -0.25) is 0 Å². The Hall–Kier alpha value is -8.38. The number of halogens is 4. The van der Waals surface area contributed by atoms with E-state index in [0.717, 1.165) is 118 Å². The van der Waals surface area contributed by atoms with Crippen LogP contribution in [0.2, 0.25) is 5.02 Å². The number of aryl methyl sites for hydroxylation is 6. The third-order valence-electron chi connectivity index (χ3n) is 14.2. The van der Waals surface area contributed by atoms with Crippen molar-refractivity contribution < 1.29 is 13.2 Å². The molecule has 0 aliphatic heterocycles. The normalized spacial score (nSPS) is 10.7. The summed E-state index contributed by atoms with van der Waals surface area (Å²) >= 11 is 5.93. The maximum absolute atomic E-state index is 13.0. The van der Waals surface area contributed by atoms with Crippen molar-refractivity contribution in [3.8, 4) is 12.1 Å². The molecule has 6 heterocycles. The first kappa shape index (κ1) is 60.3. The van der Waals surface area contributed by atoms with Crippen molar-refractivity contribution in [3.05, 3.63) is 213 Å². The van der Waals surface area contributed by atoms with Crippen LogP contribution in [-0.4, -0.2) is 29.9 Å². The van der Waals surface area contributed by atoms with Crippen LogP contribution >= 0.6 is 11.6 Å². The lowest BCUT2D eigenvalue weighted by molar-refractivity contribution is 0.629. The minimum atomic E-state index is -0.170. The van der Waals surface area contributed by atoms with Crippen LogP contribution in [-0.2, 0) is 38.5 Å². The molecule has 8 nitrogen and oxygen atoms in total. The van der Waals surface area contributed by atoms with Crippen LogP contribution in [0.25, 0.3) is 65.4 Å². The van der Waals surface area contributed by atoms with E-state index >= 15 is 0 Å². The van der Waals surface area contributed by atoms with Crippen LogP contribution in [0, 0.1) is 40.1 Å². The first-order valence-electron chi connectivity index (χ1n) is 28.5. The molecule has 12 rings (SSSR count). The minimum absolute atomic E-state index is 0.158. The highest BCUT2D eigenvalue weighted by Gasteiger charge is 2.08. The number of benzene rings is 6. The van der Waals surface area contributed by atoms with Gasteiger partial charge in [0.15, 0.2) is 0 Å². The van der Waals surface area contributed by atoms with E-state index in [0.29, 0.717) is 0 Å². The Morgan fingerprint density at radius 1 is 0.346 bits per heavy atom. The molecule has 0 atom stereocenters. The van der Waals surface area contributed by atoms with Crippen LogP contribution < -0.4 is 0 Å². The molecule has 0 amide bonds. The summed E-state index contributed by atoms with van der Waals surface area (Å²) in [6, 6.07) is 36.4. The second kappa shape index (κ2) is 30.3. The molecule has 12 aromatic rings. The maximum Gasteiger partial charge on any atom is 0.123 e. The summed E-state index contributed by atoms with van der Waals surface area (Å²) in [4.78, 5) is 19.1. The molecule has 0 aliphatic carbocycles. The Labute approximate surface area is 478 Å². The molecule has 0 aliphatic rings. The van der Waals surface area contributed by atoms with Crippen LogP contribution in [0.5, 0.6) is 0 Å². The Kier molecular flexibility index (Phi) is 22.5. The zero-order valence-corrected chi connectivity index (χ0v) is 48.2. The molecule has 6 aromatic heterocycles. The predicted octanol–water partition coefficient (Wildman–Crippen LogP) is 19.9. The number of aromatic amines is 6. The molecule has 0 saturated carbocycles. The number of fused-ring (bicyclic) bond motifs is 6. The second-order valence-corrected chi connectivity index (χ2v) is 20.6. The van der Waals surface area contributed by atoms with Crippen molar-refractivity contribution in [3.63, 3.8) is 0 Å². The first-order valence-corrected chi connectivity index (χ1v) is 28.8. The molecule has 81 heavy (non-hydrogen) atoms. The molecule has 0 bridgehead atoms. The van der Waals surface area contributed by atoms with Crippen molar-refractivity contribution in [1.82, 2.24) is 29.9 Å². The molecule has 418 valence electrons. The minimum Gasteiger partial charge on any atom is -0.361 e. The largest absolute Gasteiger partial charge is 0.361 e. The molecular formula is C69H74ClF3N8. The van der Waals surface area contributed by atoms with Gasteiger partial charge in [-0.15, -0.1) is 0 Å². The van der Waals surface area contributed by atoms with Gasteiger partial charge in [-0.1, -0.05) is 85.2 Å². The number of nitriles is 2.